The van der Waals surface area contributed by atoms with E-state index in [9.17, 15) is 13.2 Å². The van der Waals surface area contributed by atoms with Crippen LogP contribution in [0, 0.1) is 0 Å². The maximum absolute atomic E-state index is 12.8. The summed E-state index contributed by atoms with van der Waals surface area (Å²) in [4.78, 5) is 12.2. The van der Waals surface area contributed by atoms with Gasteiger partial charge in [-0.3, -0.25) is 4.79 Å². The van der Waals surface area contributed by atoms with Gasteiger partial charge < -0.3 is 10.1 Å². The monoisotopic (exact) mass is 396 g/mol. The Morgan fingerprint density at radius 1 is 1.23 bits per heavy atom. The summed E-state index contributed by atoms with van der Waals surface area (Å²) in [6, 6.07) is 13.5. The summed E-state index contributed by atoms with van der Waals surface area (Å²) >= 11 is 5.91. The number of benzene rings is 2. The zero-order valence-corrected chi connectivity index (χ0v) is 16.3. The standard InChI is InChI=1S/C18H21ClN2O4S/c1-13(14-7-5-4-6-8-14)20-18(22)12-21(2)26(23,24)17-11-15(19)9-10-16(17)25-3/h4-11,13H,12H2,1-3H3,(H,20,22)/t13-/m0/s1. The quantitative estimate of drug-likeness (QED) is 0.780. The lowest BCUT2D eigenvalue weighted by Crippen LogP contribution is -2.39. The Labute approximate surface area is 158 Å². The minimum absolute atomic E-state index is 0.0843. The topological polar surface area (TPSA) is 75.7 Å². The van der Waals surface area contributed by atoms with Crippen molar-refractivity contribution in [3.63, 3.8) is 0 Å². The Morgan fingerprint density at radius 2 is 1.88 bits per heavy atom. The van der Waals surface area contributed by atoms with E-state index in [4.69, 9.17) is 16.3 Å². The van der Waals surface area contributed by atoms with E-state index in [-0.39, 0.29) is 28.3 Å². The molecular formula is C18H21ClN2O4S. The predicted molar refractivity (Wildman–Crippen MR) is 101 cm³/mol. The maximum Gasteiger partial charge on any atom is 0.247 e. The van der Waals surface area contributed by atoms with Gasteiger partial charge in [-0.1, -0.05) is 41.9 Å². The van der Waals surface area contributed by atoms with Crippen LogP contribution in [0.5, 0.6) is 5.75 Å². The molecule has 2 aromatic carbocycles. The lowest BCUT2D eigenvalue weighted by molar-refractivity contribution is -0.121. The van der Waals surface area contributed by atoms with E-state index in [0.29, 0.717) is 0 Å². The molecule has 0 aliphatic carbocycles. The summed E-state index contributed by atoms with van der Waals surface area (Å²) in [5.74, 6) is -0.243. The Bertz CT molecular complexity index is 872. The van der Waals surface area contributed by atoms with Crippen molar-refractivity contribution < 1.29 is 17.9 Å². The van der Waals surface area contributed by atoms with Crippen LogP contribution in [0.2, 0.25) is 5.02 Å². The maximum atomic E-state index is 12.8. The first kappa shape index (κ1) is 20.2. The molecule has 2 rings (SSSR count). The summed E-state index contributed by atoms with van der Waals surface area (Å²) in [5, 5.41) is 3.05. The molecule has 0 spiro atoms. The van der Waals surface area contributed by atoms with E-state index in [1.807, 2.05) is 37.3 Å². The molecule has 0 aromatic heterocycles. The first-order chi connectivity index (χ1) is 12.3. The number of carbonyl (C=O) groups excluding carboxylic acids is 1. The van der Waals surface area contributed by atoms with Crippen LogP contribution in [-0.4, -0.2) is 39.3 Å². The second-order valence-electron chi connectivity index (χ2n) is 5.76. The lowest BCUT2D eigenvalue weighted by Gasteiger charge is -2.20. The SMILES string of the molecule is COc1ccc(Cl)cc1S(=O)(=O)N(C)CC(=O)N[C@@H](C)c1ccccc1. The molecule has 0 radical (unpaired) electrons. The van der Waals surface area contributed by atoms with Gasteiger partial charge in [-0.05, 0) is 30.7 Å². The van der Waals surface area contributed by atoms with Gasteiger partial charge in [-0.2, -0.15) is 4.31 Å². The predicted octanol–water partition coefficient (Wildman–Crippen LogP) is 2.85. The number of likely N-dealkylation sites (N-methyl/N-ethyl adjacent to an activating group) is 1. The van der Waals surface area contributed by atoms with Crippen molar-refractivity contribution in [2.24, 2.45) is 0 Å². The number of methoxy groups -OCH3 is 1. The van der Waals surface area contributed by atoms with Crippen LogP contribution >= 0.6 is 11.6 Å². The zero-order chi connectivity index (χ0) is 19.3. The number of hydrogen-bond donors (Lipinski definition) is 1. The highest BCUT2D eigenvalue weighted by atomic mass is 35.5. The summed E-state index contributed by atoms with van der Waals surface area (Å²) in [7, 11) is -1.23. The summed E-state index contributed by atoms with van der Waals surface area (Å²) < 4.78 is 31.6. The van der Waals surface area contributed by atoms with E-state index >= 15 is 0 Å². The van der Waals surface area contributed by atoms with Crippen LogP contribution in [0.3, 0.4) is 0 Å². The molecule has 0 heterocycles. The van der Waals surface area contributed by atoms with Gasteiger partial charge in [-0.25, -0.2) is 8.42 Å². The van der Waals surface area contributed by atoms with Gasteiger partial charge in [0.1, 0.15) is 10.6 Å². The van der Waals surface area contributed by atoms with Crippen molar-refractivity contribution in [2.45, 2.75) is 17.9 Å². The van der Waals surface area contributed by atoms with Gasteiger partial charge in [0.25, 0.3) is 0 Å². The molecule has 140 valence electrons. The van der Waals surface area contributed by atoms with Crippen LogP contribution in [-0.2, 0) is 14.8 Å². The van der Waals surface area contributed by atoms with E-state index < -0.39 is 15.9 Å². The second kappa shape index (κ2) is 8.53. The zero-order valence-electron chi connectivity index (χ0n) is 14.8. The highest BCUT2D eigenvalue weighted by molar-refractivity contribution is 7.89. The molecule has 2 aromatic rings. The molecule has 1 amide bonds. The number of amides is 1. The summed E-state index contributed by atoms with van der Waals surface area (Å²) in [6.45, 7) is 1.51. The van der Waals surface area contributed by atoms with Crippen LogP contribution < -0.4 is 10.1 Å². The average molecular weight is 397 g/mol. The Balaban J connectivity index is 2.12. The largest absolute Gasteiger partial charge is 0.495 e. The van der Waals surface area contributed by atoms with Crippen molar-refractivity contribution in [1.82, 2.24) is 9.62 Å². The van der Waals surface area contributed by atoms with E-state index in [0.717, 1.165) is 9.87 Å². The molecule has 0 aliphatic rings. The molecule has 6 nitrogen and oxygen atoms in total. The number of sulfonamides is 1. The van der Waals surface area contributed by atoms with Crippen molar-refractivity contribution >= 4 is 27.5 Å². The van der Waals surface area contributed by atoms with Crippen molar-refractivity contribution in [3.05, 3.63) is 59.1 Å². The van der Waals surface area contributed by atoms with Crippen LogP contribution in [0.4, 0.5) is 0 Å². The molecule has 26 heavy (non-hydrogen) atoms. The van der Waals surface area contributed by atoms with E-state index in [1.54, 1.807) is 0 Å². The first-order valence-electron chi connectivity index (χ1n) is 7.90. The molecule has 0 saturated heterocycles. The average Bonchev–Trinajstić information content (AvgIpc) is 2.62. The van der Waals surface area contributed by atoms with Gasteiger partial charge >= 0.3 is 0 Å². The highest BCUT2D eigenvalue weighted by Crippen LogP contribution is 2.29. The molecule has 1 N–H and O–H groups in total. The van der Waals surface area contributed by atoms with E-state index in [2.05, 4.69) is 5.32 Å². The molecule has 0 fully saturated rings. The van der Waals surface area contributed by atoms with Crippen LogP contribution in [0.25, 0.3) is 0 Å². The number of nitrogens with zero attached hydrogens (tertiary/aromatic N) is 1. The molecule has 0 aliphatic heterocycles. The lowest BCUT2D eigenvalue weighted by atomic mass is 10.1. The number of hydrogen-bond acceptors (Lipinski definition) is 4. The fraction of sp³-hybridized carbons (Fsp3) is 0.278. The van der Waals surface area contributed by atoms with Gasteiger partial charge in [0.05, 0.1) is 19.7 Å². The van der Waals surface area contributed by atoms with Crippen molar-refractivity contribution in [1.29, 1.82) is 0 Å². The van der Waals surface area contributed by atoms with Crippen LogP contribution in [0.15, 0.2) is 53.4 Å². The fourth-order valence-electron chi connectivity index (χ4n) is 2.42. The molecule has 0 unspecified atom stereocenters. The summed E-state index contributed by atoms with van der Waals surface area (Å²) in [6.07, 6.45) is 0. The second-order valence-corrected chi connectivity index (χ2v) is 8.21. The minimum atomic E-state index is -3.94. The fourth-order valence-corrected chi connectivity index (χ4v) is 3.96. The third-order valence-electron chi connectivity index (χ3n) is 3.86. The van der Waals surface area contributed by atoms with Gasteiger partial charge in [0, 0.05) is 12.1 Å². The highest BCUT2D eigenvalue weighted by Gasteiger charge is 2.27. The molecule has 0 bridgehead atoms. The number of carbonyl (C=O) groups is 1. The van der Waals surface area contributed by atoms with Gasteiger partial charge in [-0.15, -0.1) is 0 Å². The Kier molecular flexibility index (Phi) is 6.63. The number of rotatable bonds is 7. The van der Waals surface area contributed by atoms with Gasteiger partial charge in [0.15, 0.2) is 0 Å². The Morgan fingerprint density at radius 3 is 2.50 bits per heavy atom. The molecular weight excluding hydrogens is 376 g/mol. The van der Waals surface area contributed by atoms with Crippen molar-refractivity contribution in [3.8, 4) is 5.75 Å². The smallest absolute Gasteiger partial charge is 0.247 e. The van der Waals surface area contributed by atoms with Crippen molar-refractivity contribution in [2.75, 3.05) is 20.7 Å². The molecule has 8 heteroatoms. The normalized spacial score (nSPS) is 12.7. The summed E-state index contributed by atoms with van der Waals surface area (Å²) in [5.41, 5.74) is 0.933. The van der Waals surface area contributed by atoms with E-state index in [1.165, 1.54) is 32.4 Å². The number of halogens is 1. The third kappa shape index (κ3) is 4.75. The molecule has 1 atom stereocenters. The Hall–Kier alpha value is -2.09. The minimum Gasteiger partial charge on any atom is -0.495 e. The number of nitrogens with one attached hydrogen (secondary N) is 1. The number of ether oxygens (including phenoxy) is 1. The van der Waals surface area contributed by atoms with Crippen LogP contribution in [0.1, 0.15) is 18.5 Å². The third-order valence-corrected chi connectivity index (χ3v) is 5.92. The molecule has 0 saturated carbocycles. The first-order valence-corrected chi connectivity index (χ1v) is 9.71. The van der Waals surface area contributed by atoms with Gasteiger partial charge in [0.2, 0.25) is 15.9 Å².